The zero-order chi connectivity index (χ0) is 22.8. The van der Waals surface area contributed by atoms with E-state index in [1.54, 1.807) is 18.5 Å². The molecule has 33 heavy (non-hydrogen) atoms. The first-order valence-electron chi connectivity index (χ1n) is 10.8. The van der Waals surface area contributed by atoms with Crippen LogP contribution in [0.3, 0.4) is 0 Å². The van der Waals surface area contributed by atoms with Crippen molar-refractivity contribution >= 4 is 43.7 Å². The van der Waals surface area contributed by atoms with E-state index in [0.717, 1.165) is 36.2 Å². The Labute approximate surface area is 189 Å². The molecule has 2 fully saturated rings. The Morgan fingerprint density at radius 2 is 1.94 bits per heavy atom. The number of hydrogen-bond acceptors (Lipinski definition) is 6. The summed E-state index contributed by atoms with van der Waals surface area (Å²) in [6.07, 6.45) is 5.57. The Morgan fingerprint density at radius 1 is 1.09 bits per heavy atom. The van der Waals surface area contributed by atoms with Gasteiger partial charge in [-0.25, -0.2) is 23.5 Å². The lowest BCUT2D eigenvalue weighted by molar-refractivity contribution is 0.0736. The van der Waals surface area contributed by atoms with Gasteiger partial charge in [0.05, 0.1) is 10.3 Å². The minimum absolute atomic E-state index is 0.0243. The molecule has 0 atom stereocenters. The van der Waals surface area contributed by atoms with Crippen molar-refractivity contribution in [3.63, 3.8) is 0 Å². The molecule has 4 N–H and O–H groups in total. The lowest BCUT2D eigenvalue weighted by atomic mass is 10.1. The van der Waals surface area contributed by atoms with Crippen LogP contribution in [0.15, 0.2) is 47.8 Å². The second-order valence-corrected chi connectivity index (χ2v) is 10.6. The molecule has 0 unspecified atom stereocenters. The van der Waals surface area contributed by atoms with E-state index in [1.807, 2.05) is 17.2 Å². The van der Waals surface area contributed by atoms with Gasteiger partial charge in [0.2, 0.25) is 10.0 Å². The summed E-state index contributed by atoms with van der Waals surface area (Å²) in [6.45, 7) is 2.76. The topological polar surface area (TPSA) is 141 Å². The molecule has 11 heteroatoms. The number of nitrogens with two attached hydrogens (primary N) is 1. The Balaban J connectivity index is 1.29. The van der Waals surface area contributed by atoms with E-state index < -0.39 is 10.0 Å². The summed E-state index contributed by atoms with van der Waals surface area (Å²) < 4.78 is 23.3. The smallest absolute Gasteiger partial charge is 0.270 e. The van der Waals surface area contributed by atoms with Crippen LogP contribution in [-0.4, -0.2) is 65.3 Å². The monoisotopic (exact) mass is 465 g/mol. The zero-order valence-corrected chi connectivity index (χ0v) is 18.6. The first-order valence-corrected chi connectivity index (χ1v) is 12.3. The van der Waals surface area contributed by atoms with Crippen LogP contribution in [0.4, 0.5) is 5.82 Å². The quantitative estimate of drug-likeness (QED) is 0.422. The fourth-order valence-corrected chi connectivity index (χ4v) is 5.34. The maximum Gasteiger partial charge on any atom is 0.270 e. The van der Waals surface area contributed by atoms with Crippen molar-refractivity contribution in [3.05, 3.63) is 48.5 Å². The van der Waals surface area contributed by atoms with Crippen LogP contribution in [0.25, 0.3) is 21.9 Å². The molecular weight excluding hydrogens is 442 g/mol. The molecule has 170 valence electrons. The van der Waals surface area contributed by atoms with E-state index in [1.165, 1.54) is 12.1 Å². The highest BCUT2D eigenvalue weighted by Gasteiger charge is 2.48. The van der Waals surface area contributed by atoms with Crippen LogP contribution in [0.2, 0.25) is 0 Å². The number of fused-ring (bicyclic) bond motifs is 2. The van der Waals surface area contributed by atoms with Gasteiger partial charge in [-0.05, 0) is 43.2 Å². The van der Waals surface area contributed by atoms with Gasteiger partial charge in [-0.1, -0.05) is 0 Å². The number of H-pyrrole nitrogens is 2. The normalized spacial score (nSPS) is 18.2. The second-order valence-electron chi connectivity index (χ2n) is 9.06. The maximum atomic E-state index is 13.4. The number of aromatic amines is 2. The molecule has 4 aromatic rings. The van der Waals surface area contributed by atoms with Gasteiger partial charge in [0, 0.05) is 48.7 Å². The van der Waals surface area contributed by atoms with Gasteiger partial charge in [0.25, 0.3) is 5.91 Å². The van der Waals surface area contributed by atoms with Crippen molar-refractivity contribution in [2.75, 3.05) is 31.1 Å². The first-order chi connectivity index (χ1) is 15.8. The van der Waals surface area contributed by atoms with Crippen LogP contribution in [0.1, 0.15) is 23.3 Å². The third-order valence-electron chi connectivity index (χ3n) is 6.72. The van der Waals surface area contributed by atoms with E-state index in [9.17, 15) is 13.2 Å². The van der Waals surface area contributed by atoms with Gasteiger partial charge in [0.15, 0.2) is 0 Å². The van der Waals surface area contributed by atoms with Gasteiger partial charge < -0.3 is 19.8 Å². The highest BCUT2D eigenvalue weighted by atomic mass is 32.2. The minimum Gasteiger partial charge on any atom is -0.354 e. The number of anilines is 1. The predicted octanol–water partition coefficient (Wildman–Crippen LogP) is 1.83. The predicted molar refractivity (Wildman–Crippen MR) is 123 cm³/mol. The zero-order valence-electron chi connectivity index (χ0n) is 17.8. The summed E-state index contributed by atoms with van der Waals surface area (Å²) in [4.78, 5) is 32.7. The number of nitrogens with zero attached hydrogens (tertiary/aromatic N) is 4. The van der Waals surface area contributed by atoms with Crippen LogP contribution >= 0.6 is 0 Å². The third kappa shape index (κ3) is 3.53. The van der Waals surface area contributed by atoms with Gasteiger partial charge in [-0.15, -0.1) is 0 Å². The molecule has 1 saturated carbocycles. The Hall–Kier alpha value is -3.44. The lowest BCUT2D eigenvalue weighted by Crippen LogP contribution is -2.36. The molecule has 1 saturated heterocycles. The summed E-state index contributed by atoms with van der Waals surface area (Å²) in [5.41, 5.74) is 2.00. The standard InChI is InChI=1S/C22H23N7O3S/c23-33(31,32)15-1-2-17-14(9-15)10-18(27-17)21(30)29-8-7-28(11-22(12-29)4-5-22)20-16-3-6-24-19(16)25-13-26-20/h1-3,6,9-10,13,27H,4-5,7-8,11-12H2,(H2,23,31,32)(H,24,25,26). The van der Waals surface area contributed by atoms with Gasteiger partial charge in [-0.2, -0.15) is 0 Å². The largest absolute Gasteiger partial charge is 0.354 e. The number of carbonyl (C=O) groups is 1. The fraction of sp³-hybridized carbons (Fsp3) is 0.318. The Kier molecular flexibility index (Phi) is 4.30. The molecule has 10 nitrogen and oxygen atoms in total. The van der Waals surface area contributed by atoms with Gasteiger partial charge in [-0.3, -0.25) is 4.79 Å². The van der Waals surface area contributed by atoms with Crippen molar-refractivity contribution in [2.24, 2.45) is 10.6 Å². The number of hydrogen-bond donors (Lipinski definition) is 3. The minimum atomic E-state index is -3.81. The molecule has 1 spiro atoms. The van der Waals surface area contributed by atoms with Crippen molar-refractivity contribution in [1.29, 1.82) is 0 Å². The third-order valence-corrected chi connectivity index (χ3v) is 7.63. The van der Waals surface area contributed by atoms with Gasteiger partial charge in [0.1, 0.15) is 23.5 Å². The highest BCUT2D eigenvalue weighted by molar-refractivity contribution is 7.89. The number of primary sulfonamides is 1. The molecule has 0 radical (unpaired) electrons. The molecule has 1 aliphatic carbocycles. The average molecular weight is 466 g/mol. The number of aromatic nitrogens is 4. The van der Waals surface area contributed by atoms with E-state index >= 15 is 0 Å². The van der Waals surface area contributed by atoms with Crippen molar-refractivity contribution in [3.8, 4) is 0 Å². The summed E-state index contributed by atoms with van der Waals surface area (Å²) in [5.74, 6) is 0.800. The molecule has 2 aliphatic rings. The molecule has 6 rings (SSSR count). The van der Waals surface area contributed by atoms with E-state index in [-0.39, 0.29) is 16.2 Å². The molecule has 1 aliphatic heterocycles. The lowest BCUT2D eigenvalue weighted by Gasteiger charge is -2.25. The number of sulfonamides is 1. The Bertz CT molecular complexity index is 1500. The SMILES string of the molecule is NS(=O)(=O)c1ccc2[nH]c(C(=O)N3CCN(c4ncnc5[nH]ccc45)CC4(CC4)C3)cc2c1. The number of nitrogens with one attached hydrogen (secondary N) is 2. The first kappa shape index (κ1) is 20.2. The molecule has 1 aromatic carbocycles. The Morgan fingerprint density at radius 3 is 2.73 bits per heavy atom. The molecular formula is C22H23N7O3S. The van der Waals surface area contributed by atoms with E-state index in [0.29, 0.717) is 36.2 Å². The molecule has 0 bridgehead atoms. The van der Waals surface area contributed by atoms with Crippen LogP contribution in [0, 0.1) is 5.41 Å². The number of amides is 1. The summed E-state index contributed by atoms with van der Waals surface area (Å²) in [5, 5.41) is 6.86. The van der Waals surface area contributed by atoms with E-state index in [4.69, 9.17) is 5.14 Å². The molecule has 4 heterocycles. The summed E-state index contributed by atoms with van der Waals surface area (Å²) in [6, 6.07) is 8.24. The maximum absolute atomic E-state index is 13.4. The number of carbonyl (C=O) groups excluding carboxylic acids is 1. The van der Waals surface area contributed by atoms with E-state index in [2.05, 4.69) is 24.8 Å². The highest BCUT2D eigenvalue weighted by Crippen LogP contribution is 2.48. The molecule has 1 amide bonds. The number of benzene rings is 1. The van der Waals surface area contributed by atoms with Crippen LogP contribution in [0.5, 0.6) is 0 Å². The second kappa shape index (κ2) is 7.03. The molecule has 3 aromatic heterocycles. The van der Waals surface area contributed by atoms with Crippen molar-refractivity contribution in [1.82, 2.24) is 24.8 Å². The fourth-order valence-electron chi connectivity index (χ4n) is 4.79. The summed E-state index contributed by atoms with van der Waals surface area (Å²) >= 11 is 0. The van der Waals surface area contributed by atoms with Crippen molar-refractivity contribution in [2.45, 2.75) is 17.7 Å². The van der Waals surface area contributed by atoms with Crippen molar-refractivity contribution < 1.29 is 13.2 Å². The number of rotatable bonds is 3. The van der Waals surface area contributed by atoms with Crippen LogP contribution < -0.4 is 10.0 Å². The average Bonchev–Trinajstić information content (AvgIpc) is 3.22. The van der Waals surface area contributed by atoms with Crippen LogP contribution in [-0.2, 0) is 10.0 Å². The summed E-state index contributed by atoms with van der Waals surface area (Å²) in [7, 11) is -3.81. The van der Waals surface area contributed by atoms with Gasteiger partial charge >= 0.3 is 0 Å².